The van der Waals surface area contributed by atoms with E-state index in [1.165, 1.54) is 6.07 Å². The lowest BCUT2D eigenvalue weighted by Gasteiger charge is -2.10. The van der Waals surface area contributed by atoms with Crippen LogP contribution in [0.1, 0.15) is 19.4 Å². The van der Waals surface area contributed by atoms with Gasteiger partial charge in [0.05, 0.1) is 12.7 Å². The number of benzene rings is 1. The van der Waals surface area contributed by atoms with Gasteiger partial charge in [-0.2, -0.15) is 0 Å². The quantitative estimate of drug-likeness (QED) is 0.440. The van der Waals surface area contributed by atoms with E-state index < -0.39 is 11.6 Å². The van der Waals surface area contributed by atoms with Crippen LogP contribution >= 0.6 is 22.6 Å². The molecule has 5 heteroatoms. The van der Waals surface area contributed by atoms with E-state index in [1.54, 1.807) is 0 Å². The molecule has 1 aromatic carbocycles. The Balaban J connectivity index is 2.56. The van der Waals surface area contributed by atoms with E-state index in [2.05, 4.69) is 0 Å². The average Bonchev–Trinajstić information content (AvgIpc) is 2.28. The van der Waals surface area contributed by atoms with E-state index in [4.69, 9.17) is 9.47 Å². The number of alkyl halides is 1. The first-order valence-corrected chi connectivity index (χ1v) is 6.85. The summed E-state index contributed by atoms with van der Waals surface area (Å²) in [5.74, 6) is -1.05. The van der Waals surface area contributed by atoms with Crippen LogP contribution in [0, 0.1) is 11.6 Å². The fourth-order valence-electron chi connectivity index (χ4n) is 1.22. The molecule has 0 bridgehead atoms. The van der Waals surface area contributed by atoms with Crippen molar-refractivity contribution in [3.63, 3.8) is 0 Å². The lowest BCUT2D eigenvalue weighted by atomic mass is 10.2. The van der Waals surface area contributed by atoms with Gasteiger partial charge in [0.2, 0.25) is 0 Å². The summed E-state index contributed by atoms with van der Waals surface area (Å²) in [6, 6.07) is 2.25. The normalized spacial score (nSPS) is 10.9. The number of halogens is 3. The van der Waals surface area contributed by atoms with E-state index in [9.17, 15) is 8.78 Å². The third-order valence-corrected chi connectivity index (χ3v) is 2.86. The molecular formula is C12H15F2IO2. The summed E-state index contributed by atoms with van der Waals surface area (Å²) < 4.78 is 37.6. The van der Waals surface area contributed by atoms with Crippen molar-refractivity contribution in [2.45, 2.75) is 24.4 Å². The van der Waals surface area contributed by atoms with Gasteiger partial charge in [-0.15, -0.1) is 0 Å². The van der Waals surface area contributed by atoms with Crippen molar-refractivity contribution < 1.29 is 18.3 Å². The van der Waals surface area contributed by atoms with Gasteiger partial charge in [-0.05, 0) is 19.9 Å². The largest absolute Gasteiger partial charge is 0.488 e. The third kappa shape index (κ3) is 4.75. The highest BCUT2D eigenvalue weighted by molar-refractivity contribution is 14.1. The summed E-state index contributed by atoms with van der Waals surface area (Å²) in [6.45, 7) is 4.36. The smallest absolute Gasteiger partial charge is 0.165 e. The van der Waals surface area contributed by atoms with Crippen molar-refractivity contribution in [1.82, 2.24) is 0 Å². The molecule has 1 rings (SSSR count). The topological polar surface area (TPSA) is 18.5 Å². The molecule has 0 saturated heterocycles. The third-order valence-electron chi connectivity index (χ3n) is 2.04. The molecule has 17 heavy (non-hydrogen) atoms. The summed E-state index contributed by atoms with van der Waals surface area (Å²) in [5.41, 5.74) is 0.342. The van der Waals surface area contributed by atoms with Gasteiger partial charge in [-0.1, -0.05) is 22.6 Å². The van der Waals surface area contributed by atoms with Crippen LogP contribution in [0.25, 0.3) is 0 Å². The van der Waals surface area contributed by atoms with Crippen LogP contribution in [0.15, 0.2) is 12.1 Å². The number of ether oxygens (including phenoxy) is 2. The molecular weight excluding hydrogens is 341 g/mol. The highest BCUT2D eigenvalue weighted by Crippen LogP contribution is 2.23. The summed E-state index contributed by atoms with van der Waals surface area (Å²) in [6.07, 6.45) is 0.0987. The highest BCUT2D eigenvalue weighted by Gasteiger charge is 2.10. The maximum absolute atomic E-state index is 13.5. The van der Waals surface area contributed by atoms with Crippen LogP contribution in [0.2, 0.25) is 0 Å². The zero-order valence-electron chi connectivity index (χ0n) is 9.80. The molecule has 0 aromatic heterocycles. The van der Waals surface area contributed by atoms with Gasteiger partial charge in [0.15, 0.2) is 11.6 Å². The minimum atomic E-state index is -0.539. The van der Waals surface area contributed by atoms with E-state index in [-0.39, 0.29) is 18.5 Å². The maximum Gasteiger partial charge on any atom is 0.165 e. The summed E-state index contributed by atoms with van der Waals surface area (Å²) >= 11 is 1.98. The minimum Gasteiger partial charge on any atom is -0.488 e. The van der Waals surface area contributed by atoms with E-state index in [0.29, 0.717) is 16.6 Å². The molecule has 0 atom stereocenters. The fourth-order valence-corrected chi connectivity index (χ4v) is 1.80. The fraction of sp³-hybridized carbons (Fsp3) is 0.500. The van der Waals surface area contributed by atoms with Crippen molar-refractivity contribution in [3.05, 3.63) is 29.3 Å². The Morgan fingerprint density at radius 2 is 1.88 bits per heavy atom. The molecule has 0 fully saturated rings. The first-order chi connectivity index (χ1) is 8.04. The monoisotopic (exact) mass is 356 g/mol. The molecule has 0 unspecified atom stereocenters. The Hall–Kier alpha value is -0.430. The van der Waals surface area contributed by atoms with Gasteiger partial charge < -0.3 is 9.47 Å². The van der Waals surface area contributed by atoms with Crippen LogP contribution in [0.5, 0.6) is 5.75 Å². The van der Waals surface area contributed by atoms with E-state index in [1.807, 2.05) is 36.4 Å². The number of hydrogen-bond donors (Lipinski definition) is 0. The van der Waals surface area contributed by atoms with Gasteiger partial charge in [0, 0.05) is 16.1 Å². The first kappa shape index (κ1) is 14.6. The second-order valence-corrected chi connectivity index (χ2v) is 4.54. The molecule has 0 radical (unpaired) electrons. The molecule has 0 N–H and O–H groups in total. The SMILES string of the molecule is CC(C)OCCOc1cc(F)c(CI)cc1F. The van der Waals surface area contributed by atoms with Crippen molar-refractivity contribution in [3.8, 4) is 5.75 Å². The van der Waals surface area contributed by atoms with E-state index >= 15 is 0 Å². The second kappa shape index (κ2) is 7.10. The highest BCUT2D eigenvalue weighted by atomic mass is 127. The molecule has 0 aliphatic carbocycles. The number of rotatable bonds is 6. The van der Waals surface area contributed by atoms with Crippen molar-refractivity contribution in [1.29, 1.82) is 0 Å². The Morgan fingerprint density at radius 1 is 1.18 bits per heavy atom. The zero-order chi connectivity index (χ0) is 12.8. The van der Waals surface area contributed by atoms with Gasteiger partial charge in [0.25, 0.3) is 0 Å². The van der Waals surface area contributed by atoms with Crippen LogP contribution < -0.4 is 4.74 Å². The van der Waals surface area contributed by atoms with Gasteiger partial charge in [0.1, 0.15) is 12.4 Å². The molecule has 0 aliphatic rings. The predicted molar refractivity (Wildman–Crippen MR) is 70.7 cm³/mol. The van der Waals surface area contributed by atoms with E-state index in [0.717, 1.165) is 6.07 Å². The predicted octanol–water partition coefficient (Wildman–Crippen LogP) is 3.70. The second-order valence-electron chi connectivity index (χ2n) is 3.78. The lowest BCUT2D eigenvalue weighted by molar-refractivity contribution is 0.0543. The molecule has 0 saturated carbocycles. The van der Waals surface area contributed by atoms with Crippen LogP contribution in [-0.4, -0.2) is 19.3 Å². The zero-order valence-corrected chi connectivity index (χ0v) is 12.0. The summed E-state index contributed by atoms with van der Waals surface area (Å²) in [7, 11) is 0. The Bertz CT molecular complexity index is 370. The van der Waals surface area contributed by atoms with Gasteiger partial charge in [-0.3, -0.25) is 0 Å². The molecule has 0 aliphatic heterocycles. The minimum absolute atomic E-state index is 0.0662. The molecule has 1 aromatic rings. The van der Waals surface area contributed by atoms with Crippen LogP contribution in [0.3, 0.4) is 0 Å². The van der Waals surface area contributed by atoms with Crippen molar-refractivity contribution in [2.24, 2.45) is 0 Å². The first-order valence-electron chi connectivity index (χ1n) is 5.33. The molecule has 0 heterocycles. The maximum atomic E-state index is 13.5. The lowest BCUT2D eigenvalue weighted by Crippen LogP contribution is -2.12. The summed E-state index contributed by atoms with van der Waals surface area (Å²) in [5, 5.41) is 0. The van der Waals surface area contributed by atoms with Crippen LogP contribution in [0.4, 0.5) is 8.78 Å². The molecule has 96 valence electrons. The average molecular weight is 356 g/mol. The van der Waals surface area contributed by atoms with Crippen molar-refractivity contribution in [2.75, 3.05) is 13.2 Å². The van der Waals surface area contributed by atoms with Crippen LogP contribution in [-0.2, 0) is 9.16 Å². The number of hydrogen-bond acceptors (Lipinski definition) is 2. The Morgan fingerprint density at radius 3 is 2.47 bits per heavy atom. The Labute approximate surface area is 113 Å². The molecule has 0 amide bonds. The molecule has 0 spiro atoms. The summed E-state index contributed by atoms with van der Waals surface area (Å²) in [4.78, 5) is 0. The standard InChI is InChI=1S/C12H15F2IO2/c1-8(2)16-3-4-17-12-6-10(13)9(7-15)5-11(12)14/h5-6,8H,3-4,7H2,1-2H3. The van der Waals surface area contributed by atoms with Gasteiger partial charge >= 0.3 is 0 Å². The Kier molecular flexibility index (Phi) is 6.11. The molecule has 2 nitrogen and oxygen atoms in total. The van der Waals surface area contributed by atoms with Gasteiger partial charge in [-0.25, -0.2) is 8.78 Å². The van der Waals surface area contributed by atoms with Crippen molar-refractivity contribution >= 4 is 22.6 Å².